The van der Waals surface area contributed by atoms with Gasteiger partial charge in [-0.3, -0.25) is 4.79 Å². The molecule has 0 radical (unpaired) electrons. The molecular weight excluding hydrogens is 308 g/mol. The molecule has 1 heterocycles. The summed E-state index contributed by atoms with van der Waals surface area (Å²) in [4.78, 5) is 15.8. The highest BCUT2D eigenvalue weighted by Gasteiger charge is 2.20. The lowest BCUT2D eigenvalue weighted by atomic mass is 9.89. The molecule has 1 aromatic heterocycles. The van der Waals surface area contributed by atoms with Gasteiger partial charge in [0.2, 0.25) is 0 Å². The predicted octanol–water partition coefficient (Wildman–Crippen LogP) is 4.84. The van der Waals surface area contributed by atoms with Gasteiger partial charge in [0, 0.05) is 33.8 Å². The molecule has 3 heteroatoms. The molecule has 3 nitrogen and oxygen atoms in total. The predicted molar refractivity (Wildman–Crippen MR) is 103 cm³/mol. The van der Waals surface area contributed by atoms with Crippen LogP contribution >= 0.6 is 0 Å². The Balaban J connectivity index is 1.50. The van der Waals surface area contributed by atoms with Crippen LogP contribution in [0.4, 0.5) is 0 Å². The minimum atomic E-state index is 0.0192. The van der Waals surface area contributed by atoms with Gasteiger partial charge in [-0.15, -0.1) is 0 Å². The Morgan fingerprint density at radius 3 is 2.60 bits per heavy atom. The van der Waals surface area contributed by atoms with Crippen LogP contribution in [0.25, 0.3) is 16.5 Å². The maximum atomic E-state index is 12.3. The number of aromatic amines is 1. The Bertz CT molecular complexity index is 937. The van der Waals surface area contributed by atoms with E-state index in [1.807, 2.05) is 30.3 Å². The average molecular weight is 330 g/mol. The van der Waals surface area contributed by atoms with Crippen LogP contribution in [-0.2, 0) is 0 Å². The largest absolute Gasteiger partial charge is 0.358 e. The molecule has 126 valence electrons. The Hall–Kier alpha value is -2.81. The van der Waals surface area contributed by atoms with E-state index in [-0.39, 0.29) is 11.9 Å². The summed E-state index contributed by atoms with van der Waals surface area (Å²) in [5.41, 5.74) is 5.86. The van der Waals surface area contributed by atoms with Gasteiger partial charge in [-0.1, -0.05) is 42.5 Å². The topological polar surface area (TPSA) is 44.9 Å². The monoisotopic (exact) mass is 330 g/mol. The number of carbonyl (C=O) groups excluding carboxylic acids is 1. The van der Waals surface area contributed by atoms with E-state index in [2.05, 4.69) is 47.6 Å². The van der Waals surface area contributed by atoms with Crippen molar-refractivity contribution in [3.63, 3.8) is 0 Å². The van der Waals surface area contributed by atoms with Crippen molar-refractivity contribution in [2.75, 3.05) is 0 Å². The highest BCUT2D eigenvalue weighted by molar-refractivity contribution is 5.95. The van der Waals surface area contributed by atoms with Crippen LogP contribution < -0.4 is 5.32 Å². The maximum Gasteiger partial charge on any atom is 0.251 e. The van der Waals surface area contributed by atoms with E-state index in [9.17, 15) is 4.79 Å². The van der Waals surface area contributed by atoms with E-state index in [1.165, 1.54) is 27.7 Å². The van der Waals surface area contributed by atoms with E-state index in [0.29, 0.717) is 0 Å². The van der Waals surface area contributed by atoms with Crippen LogP contribution in [0.2, 0.25) is 0 Å². The van der Waals surface area contributed by atoms with Gasteiger partial charge < -0.3 is 10.3 Å². The zero-order chi connectivity index (χ0) is 17.2. The maximum absolute atomic E-state index is 12.3. The Labute approximate surface area is 147 Å². The molecule has 4 rings (SSSR count). The van der Waals surface area contributed by atoms with Gasteiger partial charge in [0.1, 0.15) is 0 Å². The molecule has 0 fully saturated rings. The fraction of sp³-hybridized carbons (Fsp3) is 0.227. The molecule has 25 heavy (non-hydrogen) atoms. The summed E-state index contributed by atoms with van der Waals surface area (Å²) < 4.78 is 0. The number of aromatic nitrogens is 1. The number of hydrogen-bond acceptors (Lipinski definition) is 1. The second kappa shape index (κ2) is 6.60. The number of nitrogens with one attached hydrogen (secondary N) is 2. The van der Waals surface area contributed by atoms with Crippen molar-refractivity contribution in [1.82, 2.24) is 10.3 Å². The molecule has 1 atom stereocenters. The van der Waals surface area contributed by atoms with Crippen LogP contribution in [0.15, 0.2) is 60.7 Å². The van der Waals surface area contributed by atoms with E-state index in [0.717, 1.165) is 24.8 Å². The minimum absolute atomic E-state index is 0.0192. The number of benzene rings is 2. The fourth-order valence-corrected chi connectivity index (χ4v) is 3.74. The number of amides is 1. The van der Waals surface area contributed by atoms with Gasteiger partial charge in [-0.25, -0.2) is 0 Å². The Morgan fingerprint density at radius 1 is 1.08 bits per heavy atom. The van der Waals surface area contributed by atoms with Crippen molar-refractivity contribution in [3.05, 3.63) is 77.5 Å². The molecule has 0 saturated heterocycles. The lowest BCUT2D eigenvalue weighted by molar-refractivity contribution is 0.0935. The average Bonchev–Trinajstić information content (AvgIpc) is 2.99. The van der Waals surface area contributed by atoms with Crippen molar-refractivity contribution >= 4 is 22.4 Å². The molecule has 2 aromatic carbocycles. The summed E-state index contributed by atoms with van der Waals surface area (Å²) in [5.74, 6) is 0.0192. The number of carbonyl (C=O) groups is 1. The lowest BCUT2D eigenvalue weighted by Gasteiger charge is -2.23. The SMILES string of the molecule is Cc1[nH]c2ccccc2c1C1=CCC(NC(=O)c2ccccc2)CC1. The number of fused-ring (bicyclic) bond motifs is 1. The molecule has 1 aliphatic rings. The molecule has 0 spiro atoms. The standard InChI is InChI=1S/C22H22N2O/c1-15-21(19-9-5-6-10-20(19)23-15)16-11-13-18(14-12-16)24-22(25)17-7-3-2-4-8-17/h2-11,18,23H,12-14H2,1H3,(H,24,25). The molecule has 1 unspecified atom stereocenters. The third-order valence-corrected chi connectivity index (χ3v) is 5.00. The molecule has 3 aromatic rings. The quantitative estimate of drug-likeness (QED) is 0.709. The van der Waals surface area contributed by atoms with E-state index >= 15 is 0 Å². The Morgan fingerprint density at radius 2 is 1.84 bits per heavy atom. The first-order chi connectivity index (χ1) is 12.2. The first kappa shape index (κ1) is 15.7. The summed E-state index contributed by atoms with van der Waals surface area (Å²) in [5, 5.41) is 4.45. The number of aryl methyl sites for hydroxylation is 1. The van der Waals surface area contributed by atoms with Crippen LogP contribution in [0.3, 0.4) is 0 Å². The molecule has 2 N–H and O–H groups in total. The number of H-pyrrole nitrogens is 1. The van der Waals surface area contributed by atoms with E-state index in [4.69, 9.17) is 0 Å². The number of hydrogen-bond donors (Lipinski definition) is 2. The molecule has 0 saturated carbocycles. The van der Waals surface area contributed by atoms with Crippen molar-refractivity contribution in [3.8, 4) is 0 Å². The zero-order valence-electron chi connectivity index (χ0n) is 14.4. The molecule has 1 aliphatic carbocycles. The third kappa shape index (κ3) is 3.10. The number of allylic oxidation sites excluding steroid dienone is 1. The third-order valence-electron chi connectivity index (χ3n) is 5.00. The van der Waals surface area contributed by atoms with Crippen LogP contribution in [0, 0.1) is 6.92 Å². The first-order valence-corrected chi connectivity index (χ1v) is 8.85. The minimum Gasteiger partial charge on any atom is -0.358 e. The van der Waals surface area contributed by atoms with Gasteiger partial charge in [0.25, 0.3) is 5.91 Å². The summed E-state index contributed by atoms with van der Waals surface area (Å²) in [6.07, 6.45) is 5.14. The van der Waals surface area contributed by atoms with Gasteiger partial charge in [0.05, 0.1) is 0 Å². The normalized spacial score (nSPS) is 17.3. The second-order valence-electron chi connectivity index (χ2n) is 6.71. The lowest BCUT2D eigenvalue weighted by Crippen LogP contribution is -2.35. The summed E-state index contributed by atoms with van der Waals surface area (Å²) >= 11 is 0. The van der Waals surface area contributed by atoms with Crippen LogP contribution in [0.1, 0.15) is 40.9 Å². The van der Waals surface area contributed by atoms with Crippen molar-refractivity contribution in [1.29, 1.82) is 0 Å². The number of rotatable bonds is 3. The van der Waals surface area contributed by atoms with Crippen LogP contribution in [0.5, 0.6) is 0 Å². The van der Waals surface area contributed by atoms with E-state index in [1.54, 1.807) is 0 Å². The van der Waals surface area contributed by atoms with Crippen molar-refractivity contribution in [2.45, 2.75) is 32.2 Å². The fourth-order valence-electron chi connectivity index (χ4n) is 3.74. The molecule has 0 bridgehead atoms. The molecule has 0 aliphatic heterocycles. The summed E-state index contributed by atoms with van der Waals surface area (Å²) in [7, 11) is 0. The second-order valence-corrected chi connectivity index (χ2v) is 6.71. The van der Waals surface area contributed by atoms with E-state index < -0.39 is 0 Å². The highest BCUT2D eigenvalue weighted by atomic mass is 16.1. The van der Waals surface area contributed by atoms with Gasteiger partial charge in [-0.05, 0) is 50.0 Å². The highest BCUT2D eigenvalue weighted by Crippen LogP contribution is 2.34. The smallest absolute Gasteiger partial charge is 0.251 e. The first-order valence-electron chi connectivity index (χ1n) is 8.85. The van der Waals surface area contributed by atoms with Crippen LogP contribution in [-0.4, -0.2) is 16.9 Å². The number of para-hydroxylation sites is 1. The van der Waals surface area contributed by atoms with Gasteiger partial charge in [-0.2, -0.15) is 0 Å². The molecule has 1 amide bonds. The van der Waals surface area contributed by atoms with Crippen molar-refractivity contribution < 1.29 is 4.79 Å². The molecular formula is C22H22N2O. The Kier molecular flexibility index (Phi) is 4.14. The van der Waals surface area contributed by atoms with Gasteiger partial charge in [0.15, 0.2) is 0 Å². The zero-order valence-corrected chi connectivity index (χ0v) is 14.4. The van der Waals surface area contributed by atoms with Crippen molar-refractivity contribution in [2.24, 2.45) is 0 Å². The van der Waals surface area contributed by atoms with Gasteiger partial charge >= 0.3 is 0 Å². The summed E-state index contributed by atoms with van der Waals surface area (Å²) in [6.45, 7) is 2.14. The summed E-state index contributed by atoms with van der Waals surface area (Å²) in [6, 6.07) is 18.1.